The summed E-state index contributed by atoms with van der Waals surface area (Å²) in [6, 6.07) is 6.75. The number of Topliss-reactive ketones (excluding diaryl/α,β-unsaturated/α-hetero) is 1. The average molecular weight is 304 g/mol. The second kappa shape index (κ2) is 5.68. The highest BCUT2D eigenvalue weighted by atomic mass is 32.2. The number of hydrogen-bond acceptors (Lipinski definition) is 3. The average Bonchev–Trinajstić information content (AvgIpc) is 2.78. The van der Waals surface area contributed by atoms with Crippen LogP contribution in [-0.4, -0.2) is 24.2 Å². The zero-order valence-corrected chi connectivity index (χ0v) is 11.8. The van der Waals surface area contributed by atoms with Gasteiger partial charge in [0, 0.05) is 12.2 Å². The molecule has 1 aliphatic rings. The maximum Gasteiger partial charge on any atom is 0.441 e. The number of methoxy groups -OCH3 is 1. The van der Waals surface area contributed by atoms with Crippen LogP contribution in [0.1, 0.15) is 24.8 Å². The lowest BCUT2D eigenvalue weighted by Gasteiger charge is -2.28. The Hall–Kier alpha value is -1.17. The van der Waals surface area contributed by atoms with Crippen molar-refractivity contribution in [2.75, 3.05) is 12.9 Å². The first-order valence-electron chi connectivity index (χ1n) is 6.26. The van der Waals surface area contributed by atoms with Gasteiger partial charge in [-0.05, 0) is 42.3 Å². The summed E-state index contributed by atoms with van der Waals surface area (Å²) >= 11 is -0.114. The first-order valence-corrected chi connectivity index (χ1v) is 7.24. The fourth-order valence-electron chi connectivity index (χ4n) is 2.59. The lowest BCUT2D eigenvalue weighted by Crippen LogP contribution is -2.34. The van der Waals surface area contributed by atoms with Crippen LogP contribution < -0.4 is 4.74 Å². The Kier molecular flexibility index (Phi) is 4.32. The second-order valence-electron chi connectivity index (χ2n) is 4.82. The van der Waals surface area contributed by atoms with Crippen LogP contribution in [-0.2, 0) is 10.2 Å². The van der Waals surface area contributed by atoms with Crippen molar-refractivity contribution < 1.29 is 22.7 Å². The summed E-state index contributed by atoms with van der Waals surface area (Å²) in [5.41, 5.74) is -4.67. The molecule has 0 saturated heterocycles. The van der Waals surface area contributed by atoms with Crippen molar-refractivity contribution in [2.24, 2.45) is 0 Å². The SMILES string of the molecule is COc1ccc(C2(CSC(F)(F)F)CCCC2=O)cc1. The van der Waals surface area contributed by atoms with Crippen LogP contribution in [0.4, 0.5) is 13.2 Å². The molecule has 1 saturated carbocycles. The van der Waals surface area contributed by atoms with Crippen LogP contribution >= 0.6 is 11.8 Å². The minimum absolute atomic E-state index is 0.0978. The van der Waals surface area contributed by atoms with E-state index >= 15 is 0 Å². The number of thioether (sulfide) groups is 1. The molecule has 1 aliphatic carbocycles. The van der Waals surface area contributed by atoms with Crippen molar-refractivity contribution >= 4 is 17.5 Å². The van der Waals surface area contributed by atoms with E-state index in [2.05, 4.69) is 0 Å². The Morgan fingerprint density at radius 1 is 1.30 bits per heavy atom. The Bertz CT molecular complexity index is 484. The molecule has 2 nitrogen and oxygen atoms in total. The van der Waals surface area contributed by atoms with Gasteiger partial charge < -0.3 is 4.74 Å². The van der Waals surface area contributed by atoms with Gasteiger partial charge in [0.1, 0.15) is 11.5 Å². The summed E-state index contributed by atoms with van der Waals surface area (Å²) in [4.78, 5) is 12.2. The Labute approximate surface area is 119 Å². The highest BCUT2D eigenvalue weighted by Crippen LogP contribution is 2.44. The van der Waals surface area contributed by atoms with E-state index in [0.29, 0.717) is 30.6 Å². The highest BCUT2D eigenvalue weighted by Gasteiger charge is 2.46. The summed E-state index contributed by atoms with van der Waals surface area (Å²) in [7, 11) is 1.52. The standard InChI is InChI=1S/C14H15F3O2S/c1-19-11-6-4-10(5-7-11)13(8-2-3-12(13)18)9-20-14(15,16)17/h4-7H,2-3,8-9H2,1H3. The van der Waals surface area contributed by atoms with Gasteiger partial charge in [0.2, 0.25) is 0 Å². The lowest BCUT2D eigenvalue weighted by molar-refractivity contribution is -0.121. The molecule has 1 unspecified atom stereocenters. The zero-order valence-electron chi connectivity index (χ0n) is 11.0. The van der Waals surface area contributed by atoms with Crippen LogP contribution in [0, 0.1) is 0 Å². The van der Waals surface area contributed by atoms with E-state index in [-0.39, 0.29) is 23.3 Å². The third-order valence-corrected chi connectivity index (χ3v) is 4.63. The van der Waals surface area contributed by atoms with Gasteiger partial charge in [-0.2, -0.15) is 13.2 Å². The predicted octanol–water partition coefficient (Wildman–Crippen LogP) is 3.94. The minimum Gasteiger partial charge on any atom is -0.497 e. The molecule has 0 spiro atoms. The van der Waals surface area contributed by atoms with E-state index in [1.807, 2.05) is 0 Å². The summed E-state index contributed by atoms with van der Waals surface area (Å²) in [5, 5.41) is 0. The fourth-order valence-corrected chi connectivity index (χ4v) is 3.47. The lowest BCUT2D eigenvalue weighted by atomic mass is 9.80. The molecule has 1 aromatic rings. The molecule has 0 radical (unpaired) electrons. The van der Waals surface area contributed by atoms with E-state index < -0.39 is 10.9 Å². The van der Waals surface area contributed by atoms with Gasteiger partial charge in [-0.1, -0.05) is 12.1 Å². The molecular weight excluding hydrogens is 289 g/mol. The largest absolute Gasteiger partial charge is 0.497 e. The third kappa shape index (κ3) is 3.11. The van der Waals surface area contributed by atoms with Crippen LogP contribution in [0.2, 0.25) is 0 Å². The normalized spacial score (nSPS) is 23.1. The molecule has 0 heterocycles. The molecule has 0 aliphatic heterocycles. The number of alkyl halides is 3. The van der Waals surface area contributed by atoms with Gasteiger partial charge in [-0.3, -0.25) is 4.79 Å². The van der Waals surface area contributed by atoms with Gasteiger partial charge in [-0.25, -0.2) is 0 Å². The summed E-state index contributed by atoms with van der Waals surface area (Å²) < 4.78 is 42.5. The van der Waals surface area contributed by atoms with Crippen LogP contribution in [0.3, 0.4) is 0 Å². The summed E-state index contributed by atoms with van der Waals surface area (Å²) in [6.07, 6.45) is 1.47. The summed E-state index contributed by atoms with van der Waals surface area (Å²) in [5.74, 6) is 0.277. The van der Waals surface area contributed by atoms with Crippen molar-refractivity contribution in [3.8, 4) is 5.75 Å². The highest BCUT2D eigenvalue weighted by molar-refractivity contribution is 8.00. The first kappa shape index (κ1) is 15.2. The molecule has 110 valence electrons. The Balaban J connectivity index is 2.29. The number of ether oxygens (including phenoxy) is 1. The van der Waals surface area contributed by atoms with E-state index in [9.17, 15) is 18.0 Å². The van der Waals surface area contributed by atoms with Crippen molar-refractivity contribution in [2.45, 2.75) is 30.2 Å². The van der Waals surface area contributed by atoms with Crippen molar-refractivity contribution in [1.82, 2.24) is 0 Å². The maximum atomic E-state index is 12.5. The van der Waals surface area contributed by atoms with Crippen LogP contribution in [0.25, 0.3) is 0 Å². The number of ketones is 1. The van der Waals surface area contributed by atoms with Crippen molar-refractivity contribution in [3.05, 3.63) is 29.8 Å². The van der Waals surface area contributed by atoms with Gasteiger partial charge in [0.05, 0.1) is 12.5 Å². The molecule has 20 heavy (non-hydrogen) atoms. The zero-order chi connectivity index (χ0) is 14.8. The topological polar surface area (TPSA) is 26.3 Å². The van der Waals surface area contributed by atoms with Crippen molar-refractivity contribution in [3.63, 3.8) is 0 Å². The number of halogens is 3. The molecule has 1 atom stereocenters. The third-order valence-electron chi connectivity index (χ3n) is 3.67. The van der Waals surface area contributed by atoms with E-state index in [1.54, 1.807) is 24.3 Å². The van der Waals surface area contributed by atoms with E-state index in [4.69, 9.17) is 4.74 Å². The molecule has 0 aromatic heterocycles. The fraction of sp³-hybridized carbons (Fsp3) is 0.500. The Morgan fingerprint density at radius 2 is 1.95 bits per heavy atom. The number of benzene rings is 1. The number of carbonyl (C=O) groups excluding carboxylic acids is 1. The van der Waals surface area contributed by atoms with Gasteiger partial charge in [-0.15, -0.1) is 0 Å². The summed E-state index contributed by atoms with van der Waals surface area (Å²) in [6.45, 7) is 0. The predicted molar refractivity (Wildman–Crippen MR) is 72.0 cm³/mol. The molecule has 1 aromatic carbocycles. The molecular formula is C14H15F3O2S. The van der Waals surface area contributed by atoms with Crippen molar-refractivity contribution in [1.29, 1.82) is 0 Å². The number of rotatable bonds is 4. The van der Waals surface area contributed by atoms with Crippen LogP contribution in [0.15, 0.2) is 24.3 Å². The van der Waals surface area contributed by atoms with Crippen LogP contribution in [0.5, 0.6) is 5.75 Å². The van der Waals surface area contributed by atoms with Gasteiger partial charge in [0.25, 0.3) is 0 Å². The second-order valence-corrected chi connectivity index (χ2v) is 5.86. The molecule has 0 amide bonds. The van der Waals surface area contributed by atoms with Gasteiger partial charge >= 0.3 is 5.51 Å². The maximum absolute atomic E-state index is 12.5. The molecule has 2 rings (SSSR count). The monoisotopic (exact) mass is 304 g/mol. The molecule has 0 N–H and O–H groups in total. The van der Waals surface area contributed by atoms with E-state index in [0.717, 1.165) is 0 Å². The molecule has 6 heteroatoms. The first-order chi connectivity index (χ1) is 9.37. The Morgan fingerprint density at radius 3 is 2.40 bits per heavy atom. The van der Waals surface area contributed by atoms with Gasteiger partial charge in [0.15, 0.2) is 0 Å². The van der Waals surface area contributed by atoms with E-state index in [1.165, 1.54) is 7.11 Å². The minimum atomic E-state index is -4.32. The number of hydrogen-bond donors (Lipinski definition) is 0. The molecule has 1 fully saturated rings. The number of carbonyl (C=O) groups is 1. The smallest absolute Gasteiger partial charge is 0.441 e. The molecule has 0 bridgehead atoms. The quantitative estimate of drug-likeness (QED) is 0.843.